The van der Waals surface area contributed by atoms with Crippen LogP contribution < -0.4 is 11.5 Å². The summed E-state index contributed by atoms with van der Waals surface area (Å²) in [7, 11) is 0. The quantitative estimate of drug-likeness (QED) is 0.262. The minimum atomic E-state index is -0.756. The molecule has 0 aliphatic carbocycles. The number of nitrogens with two attached hydrogens (primary N) is 2. The lowest BCUT2D eigenvalue weighted by Gasteiger charge is -2.22. The SMILES string of the molecule is CC#CC1CCCN1C(=O)c1cc(-c2ncc([C@](C)(N)Cc3ccccc3)o2)cc(-c2ccccc2N)c1. The van der Waals surface area contributed by atoms with Crippen molar-refractivity contribution in [3.05, 3.63) is 95.9 Å². The summed E-state index contributed by atoms with van der Waals surface area (Å²) in [5, 5.41) is 0. The van der Waals surface area contributed by atoms with Gasteiger partial charge in [0.25, 0.3) is 5.91 Å². The van der Waals surface area contributed by atoms with Crippen LogP contribution in [0.25, 0.3) is 22.6 Å². The van der Waals surface area contributed by atoms with E-state index in [1.807, 2.05) is 84.6 Å². The van der Waals surface area contributed by atoms with Gasteiger partial charge in [-0.2, -0.15) is 0 Å². The number of oxazole rings is 1. The molecule has 1 aliphatic rings. The number of rotatable bonds is 6. The zero-order chi connectivity index (χ0) is 26.7. The maximum Gasteiger partial charge on any atom is 0.254 e. The highest BCUT2D eigenvalue weighted by molar-refractivity contribution is 5.98. The summed E-state index contributed by atoms with van der Waals surface area (Å²) in [5.41, 5.74) is 16.9. The minimum absolute atomic E-state index is 0.0626. The molecule has 2 heterocycles. The van der Waals surface area contributed by atoms with Crippen molar-refractivity contribution in [1.82, 2.24) is 9.88 Å². The molecule has 0 saturated carbocycles. The molecule has 0 bridgehead atoms. The molecule has 0 radical (unpaired) electrons. The highest BCUT2D eigenvalue weighted by atomic mass is 16.4. The Morgan fingerprint density at radius 2 is 1.84 bits per heavy atom. The average molecular weight is 505 g/mol. The van der Waals surface area contributed by atoms with E-state index < -0.39 is 5.54 Å². The third-order valence-corrected chi connectivity index (χ3v) is 7.01. The van der Waals surface area contributed by atoms with Gasteiger partial charge in [-0.15, -0.1) is 5.92 Å². The number of anilines is 1. The van der Waals surface area contributed by atoms with Crippen molar-refractivity contribution in [3.8, 4) is 34.4 Å². The van der Waals surface area contributed by atoms with Crippen molar-refractivity contribution < 1.29 is 9.21 Å². The number of hydrogen-bond acceptors (Lipinski definition) is 5. The molecule has 0 spiro atoms. The van der Waals surface area contributed by atoms with Gasteiger partial charge >= 0.3 is 0 Å². The van der Waals surface area contributed by atoms with Crippen LogP contribution in [0.2, 0.25) is 0 Å². The monoisotopic (exact) mass is 504 g/mol. The molecule has 1 fully saturated rings. The van der Waals surface area contributed by atoms with Crippen LogP contribution in [-0.2, 0) is 12.0 Å². The van der Waals surface area contributed by atoms with E-state index in [1.54, 1.807) is 13.1 Å². The zero-order valence-corrected chi connectivity index (χ0v) is 21.8. The van der Waals surface area contributed by atoms with E-state index in [4.69, 9.17) is 15.9 Å². The Bertz CT molecular complexity index is 1510. The van der Waals surface area contributed by atoms with Gasteiger partial charge in [-0.05, 0) is 68.5 Å². The van der Waals surface area contributed by atoms with Crippen LogP contribution in [0.15, 0.2) is 83.4 Å². The van der Waals surface area contributed by atoms with Gasteiger partial charge in [-0.25, -0.2) is 4.98 Å². The smallest absolute Gasteiger partial charge is 0.254 e. The van der Waals surface area contributed by atoms with E-state index in [2.05, 4.69) is 16.8 Å². The third kappa shape index (κ3) is 5.20. The third-order valence-electron chi connectivity index (χ3n) is 7.01. The van der Waals surface area contributed by atoms with Crippen LogP contribution in [0, 0.1) is 11.8 Å². The highest BCUT2D eigenvalue weighted by Gasteiger charge is 2.30. The van der Waals surface area contributed by atoms with Crippen LogP contribution in [0.5, 0.6) is 0 Å². The molecule has 6 nitrogen and oxygen atoms in total. The second-order valence-electron chi connectivity index (χ2n) is 10.0. The molecule has 2 atom stereocenters. The summed E-state index contributed by atoms with van der Waals surface area (Å²) < 4.78 is 6.23. The van der Waals surface area contributed by atoms with Crippen LogP contribution in [0.1, 0.15) is 48.4 Å². The van der Waals surface area contributed by atoms with E-state index in [0.717, 1.165) is 29.5 Å². The maximum atomic E-state index is 13.7. The summed E-state index contributed by atoms with van der Waals surface area (Å²) in [6.07, 6.45) is 4.09. The molecule has 3 aromatic carbocycles. The van der Waals surface area contributed by atoms with Crippen molar-refractivity contribution >= 4 is 11.6 Å². The largest absolute Gasteiger partial charge is 0.439 e. The lowest BCUT2D eigenvalue weighted by molar-refractivity contribution is 0.0766. The molecule has 6 heteroatoms. The molecule has 1 amide bonds. The number of nitrogens with zero attached hydrogens (tertiary/aromatic N) is 2. The Labute approximate surface area is 223 Å². The van der Waals surface area contributed by atoms with Gasteiger partial charge in [0.2, 0.25) is 5.89 Å². The second kappa shape index (κ2) is 10.6. The van der Waals surface area contributed by atoms with Crippen molar-refractivity contribution in [1.29, 1.82) is 0 Å². The maximum absolute atomic E-state index is 13.7. The van der Waals surface area contributed by atoms with Gasteiger partial charge in [-0.1, -0.05) is 54.5 Å². The molecule has 1 aliphatic heterocycles. The van der Waals surface area contributed by atoms with E-state index in [-0.39, 0.29) is 11.9 Å². The summed E-state index contributed by atoms with van der Waals surface area (Å²) >= 11 is 0. The fraction of sp³-hybridized carbons (Fsp3) is 0.250. The van der Waals surface area contributed by atoms with Crippen LogP contribution in [0.3, 0.4) is 0 Å². The highest BCUT2D eigenvalue weighted by Crippen LogP contribution is 2.34. The first-order chi connectivity index (χ1) is 18.4. The second-order valence-corrected chi connectivity index (χ2v) is 10.0. The van der Waals surface area contributed by atoms with Gasteiger partial charge in [0.1, 0.15) is 5.76 Å². The molecule has 1 saturated heterocycles. The van der Waals surface area contributed by atoms with Crippen LogP contribution in [0.4, 0.5) is 5.69 Å². The first kappa shape index (κ1) is 25.3. The number of likely N-dealkylation sites (tertiary alicyclic amines) is 1. The molecule has 5 rings (SSSR count). The van der Waals surface area contributed by atoms with E-state index in [9.17, 15) is 4.79 Å². The number of carbonyl (C=O) groups excluding carboxylic acids is 1. The Kier molecular flexibility index (Phi) is 7.04. The fourth-order valence-corrected chi connectivity index (χ4v) is 5.06. The van der Waals surface area contributed by atoms with Gasteiger partial charge in [0, 0.05) is 28.9 Å². The number of aromatic nitrogens is 1. The molecule has 4 aromatic rings. The number of amides is 1. The van der Waals surface area contributed by atoms with Crippen LogP contribution in [-0.4, -0.2) is 28.4 Å². The summed E-state index contributed by atoms with van der Waals surface area (Å²) in [4.78, 5) is 20.1. The van der Waals surface area contributed by atoms with Crippen molar-refractivity contribution in [2.45, 2.75) is 44.7 Å². The Hall–Kier alpha value is -4.34. The van der Waals surface area contributed by atoms with Gasteiger partial charge < -0.3 is 20.8 Å². The Morgan fingerprint density at radius 3 is 2.61 bits per heavy atom. The standard InChI is InChI=1S/C32H32N4O2/c1-3-10-26-13-9-16-36(26)31(37)25-18-23(27-14-7-8-15-28(27)33)17-24(19-25)30-35-21-29(38-30)32(2,34)20-22-11-5-4-6-12-22/h4-8,11-12,14-15,17-19,21,26H,9,13,16,20,33-34H2,1-2H3/t26?,32-/m1/s1. The molecular formula is C32H32N4O2. The molecular weight excluding hydrogens is 472 g/mol. The van der Waals surface area contributed by atoms with E-state index in [1.165, 1.54) is 0 Å². The minimum Gasteiger partial charge on any atom is -0.439 e. The summed E-state index contributed by atoms with van der Waals surface area (Å²) in [6, 6.07) is 23.3. The number of para-hydroxylation sites is 1. The lowest BCUT2D eigenvalue weighted by atomic mass is 9.92. The number of hydrogen-bond donors (Lipinski definition) is 2. The predicted octanol–water partition coefficient (Wildman–Crippen LogP) is 5.64. The fourth-order valence-electron chi connectivity index (χ4n) is 5.06. The summed E-state index contributed by atoms with van der Waals surface area (Å²) in [6.45, 7) is 4.42. The Balaban J connectivity index is 1.54. The van der Waals surface area contributed by atoms with Crippen molar-refractivity contribution in [2.75, 3.05) is 12.3 Å². The van der Waals surface area contributed by atoms with Gasteiger partial charge in [0.15, 0.2) is 0 Å². The molecule has 38 heavy (non-hydrogen) atoms. The molecule has 1 aromatic heterocycles. The molecule has 1 unspecified atom stereocenters. The molecule has 4 N–H and O–H groups in total. The predicted molar refractivity (Wildman–Crippen MR) is 151 cm³/mol. The lowest BCUT2D eigenvalue weighted by Crippen LogP contribution is -2.35. The molecule has 192 valence electrons. The number of nitrogen functional groups attached to an aromatic ring is 1. The van der Waals surface area contributed by atoms with Crippen molar-refractivity contribution in [2.24, 2.45) is 5.73 Å². The Morgan fingerprint density at radius 1 is 1.11 bits per heavy atom. The first-order valence-corrected chi connectivity index (χ1v) is 12.9. The van der Waals surface area contributed by atoms with Crippen molar-refractivity contribution in [3.63, 3.8) is 0 Å². The zero-order valence-electron chi connectivity index (χ0n) is 21.8. The van der Waals surface area contributed by atoms with Crippen LogP contribution >= 0.6 is 0 Å². The summed E-state index contributed by atoms with van der Waals surface area (Å²) in [5.74, 6) is 7.06. The number of benzene rings is 3. The number of carbonyl (C=O) groups is 1. The first-order valence-electron chi connectivity index (χ1n) is 12.9. The van der Waals surface area contributed by atoms with E-state index in [0.29, 0.717) is 41.4 Å². The average Bonchev–Trinajstić information content (AvgIpc) is 3.60. The topological polar surface area (TPSA) is 98.4 Å². The normalized spacial score (nSPS) is 16.5. The van der Waals surface area contributed by atoms with Gasteiger partial charge in [-0.3, -0.25) is 4.79 Å². The van der Waals surface area contributed by atoms with E-state index >= 15 is 0 Å². The van der Waals surface area contributed by atoms with Gasteiger partial charge in [0.05, 0.1) is 17.8 Å².